The summed E-state index contributed by atoms with van der Waals surface area (Å²) < 4.78 is 0. The molecule has 5 nitrogen and oxygen atoms in total. The standard InChI is InChI=1S/C11H20N4O/c1-4-14(2)10-8-11(13-9-12-10)15(3)6-5-7-16/h8-9,16H,4-7H2,1-3H3. The first-order chi connectivity index (χ1) is 7.69. The van der Waals surface area contributed by atoms with Crippen LogP contribution in [0.5, 0.6) is 0 Å². The van der Waals surface area contributed by atoms with E-state index in [-0.39, 0.29) is 6.61 Å². The fraction of sp³-hybridized carbons (Fsp3) is 0.636. The minimum Gasteiger partial charge on any atom is -0.396 e. The van der Waals surface area contributed by atoms with Crippen molar-refractivity contribution < 1.29 is 5.11 Å². The predicted molar refractivity (Wildman–Crippen MR) is 65.9 cm³/mol. The Labute approximate surface area is 96.7 Å². The fourth-order valence-corrected chi connectivity index (χ4v) is 1.34. The number of aliphatic hydroxyl groups is 1. The van der Waals surface area contributed by atoms with Crippen LogP contribution in [0.1, 0.15) is 13.3 Å². The molecule has 0 aliphatic heterocycles. The number of rotatable bonds is 6. The van der Waals surface area contributed by atoms with E-state index in [4.69, 9.17) is 5.11 Å². The SMILES string of the molecule is CCN(C)c1cc(N(C)CCCO)ncn1. The van der Waals surface area contributed by atoms with Crippen LogP contribution in [-0.2, 0) is 0 Å². The van der Waals surface area contributed by atoms with Gasteiger partial charge in [0.25, 0.3) is 0 Å². The minimum absolute atomic E-state index is 0.205. The van der Waals surface area contributed by atoms with Crippen LogP contribution >= 0.6 is 0 Å². The summed E-state index contributed by atoms with van der Waals surface area (Å²) in [4.78, 5) is 12.5. The quantitative estimate of drug-likeness (QED) is 0.773. The van der Waals surface area contributed by atoms with Crippen LogP contribution in [0.3, 0.4) is 0 Å². The molecule has 0 unspecified atom stereocenters. The number of aliphatic hydroxyl groups excluding tert-OH is 1. The molecule has 0 aliphatic carbocycles. The van der Waals surface area contributed by atoms with Gasteiger partial charge in [-0.1, -0.05) is 0 Å². The maximum Gasteiger partial charge on any atom is 0.133 e. The molecular formula is C11H20N4O. The smallest absolute Gasteiger partial charge is 0.133 e. The topological polar surface area (TPSA) is 52.5 Å². The Morgan fingerprint density at radius 2 is 1.81 bits per heavy atom. The number of aromatic nitrogens is 2. The highest BCUT2D eigenvalue weighted by Gasteiger charge is 2.05. The second kappa shape index (κ2) is 6.27. The molecule has 0 amide bonds. The van der Waals surface area contributed by atoms with Gasteiger partial charge >= 0.3 is 0 Å². The molecule has 0 spiro atoms. The van der Waals surface area contributed by atoms with Crippen molar-refractivity contribution in [2.24, 2.45) is 0 Å². The van der Waals surface area contributed by atoms with Gasteiger partial charge in [0.2, 0.25) is 0 Å². The summed E-state index contributed by atoms with van der Waals surface area (Å²) in [5.41, 5.74) is 0. The van der Waals surface area contributed by atoms with Gasteiger partial charge in [0, 0.05) is 39.9 Å². The van der Waals surface area contributed by atoms with Crippen molar-refractivity contribution in [1.82, 2.24) is 9.97 Å². The van der Waals surface area contributed by atoms with Gasteiger partial charge < -0.3 is 14.9 Å². The van der Waals surface area contributed by atoms with Gasteiger partial charge in [0.15, 0.2) is 0 Å². The molecule has 0 aromatic carbocycles. The third-order valence-electron chi connectivity index (χ3n) is 2.55. The molecule has 1 rings (SSSR count). The van der Waals surface area contributed by atoms with Crippen molar-refractivity contribution >= 4 is 11.6 Å². The van der Waals surface area contributed by atoms with Gasteiger partial charge in [-0.2, -0.15) is 0 Å². The van der Waals surface area contributed by atoms with Gasteiger partial charge in [-0.15, -0.1) is 0 Å². The van der Waals surface area contributed by atoms with Crippen LogP contribution in [0.2, 0.25) is 0 Å². The average molecular weight is 224 g/mol. The Bertz CT molecular complexity index is 319. The molecule has 0 aliphatic rings. The number of nitrogens with zero attached hydrogens (tertiary/aromatic N) is 4. The molecule has 5 heteroatoms. The van der Waals surface area contributed by atoms with E-state index in [2.05, 4.69) is 21.8 Å². The molecule has 0 atom stereocenters. The summed E-state index contributed by atoms with van der Waals surface area (Å²) in [7, 11) is 3.97. The molecule has 0 fully saturated rings. The predicted octanol–water partition coefficient (Wildman–Crippen LogP) is 0.751. The summed E-state index contributed by atoms with van der Waals surface area (Å²) in [6, 6.07) is 1.96. The molecule has 1 aromatic rings. The second-order valence-corrected chi connectivity index (χ2v) is 3.75. The lowest BCUT2D eigenvalue weighted by Gasteiger charge is -2.20. The molecule has 0 bridgehead atoms. The number of hydrogen-bond donors (Lipinski definition) is 1. The molecule has 0 saturated carbocycles. The molecule has 0 saturated heterocycles. The van der Waals surface area contributed by atoms with Gasteiger partial charge in [0.05, 0.1) is 0 Å². The van der Waals surface area contributed by atoms with E-state index in [1.165, 1.54) is 0 Å². The van der Waals surface area contributed by atoms with Gasteiger partial charge in [-0.05, 0) is 13.3 Å². The van der Waals surface area contributed by atoms with E-state index in [0.29, 0.717) is 0 Å². The molecular weight excluding hydrogens is 204 g/mol. The zero-order chi connectivity index (χ0) is 12.0. The third kappa shape index (κ3) is 3.34. The van der Waals surface area contributed by atoms with Crippen molar-refractivity contribution in [3.63, 3.8) is 0 Å². The largest absolute Gasteiger partial charge is 0.396 e. The van der Waals surface area contributed by atoms with E-state index >= 15 is 0 Å². The first-order valence-corrected chi connectivity index (χ1v) is 5.54. The van der Waals surface area contributed by atoms with E-state index < -0.39 is 0 Å². The van der Waals surface area contributed by atoms with Crippen LogP contribution in [0.15, 0.2) is 12.4 Å². The molecule has 0 radical (unpaired) electrons. The lowest BCUT2D eigenvalue weighted by atomic mass is 10.4. The number of hydrogen-bond acceptors (Lipinski definition) is 5. The Kier molecular flexibility index (Phi) is 4.98. The molecule has 1 heterocycles. The van der Waals surface area contributed by atoms with Crippen LogP contribution < -0.4 is 9.80 Å². The summed E-state index contributed by atoms with van der Waals surface area (Å²) in [5, 5.41) is 8.78. The van der Waals surface area contributed by atoms with E-state index in [0.717, 1.165) is 31.1 Å². The van der Waals surface area contributed by atoms with Crippen molar-refractivity contribution in [1.29, 1.82) is 0 Å². The summed E-state index contributed by atoms with van der Waals surface area (Å²) >= 11 is 0. The lowest BCUT2D eigenvalue weighted by molar-refractivity contribution is 0.290. The average Bonchev–Trinajstić information content (AvgIpc) is 2.35. The molecule has 90 valence electrons. The van der Waals surface area contributed by atoms with Crippen LogP contribution in [0.4, 0.5) is 11.6 Å². The van der Waals surface area contributed by atoms with Gasteiger partial charge in [-0.3, -0.25) is 0 Å². The lowest BCUT2D eigenvalue weighted by Crippen LogP contribution is -2.22. The zero-order valence-corrected chi connectivity index (χ0v) is 10.2. The van der Waals surface area contributed by atoms with Crippen LogP contribution in [-0.4, -0.2) is 48.9 Å². The van der Waals surface area contributed by atoms with Crippen molar-refractivity contribution in [2.45, 2.75) is 13.3 Å². The number of anilines is 2. The maximum absolute atomic E-state index is 8.78. The maximum atomic E-state index is 8.78. The monoisotopic (exact) mass is 224 g/mol. The minimum atomic E-state index is 0.205. The van der Waals surface area contributed by atoms with Gasteiger partial charge in [0.1, 0.15) is 18.0 Å². The Morgan fingerprint density at radius 1 is 1.19 bits per heavy atom. The van der Waals surface area contributed by atoms with Crippen LogP contribution in [0, 0.1) is 0 Å². The summed E-state index contributed by atoms with van der Waals surface area (Å²) in [6.45, 7) is 3.99. The van der Waals surface area contributed by atoms with Crippen molar-refractivity contribution in [3.05, 3.63) is 12.4 Å². The Balaban J connectivity index is 2.73. The highest BCUT2D eigenvalue weighted by atomic mass is 16.3. The highest BCUT2D eigenvalue weighted by molar-refractivity contribution is 5.49. The van der Waals surface area contributed by atoms with E-state index in [1.807, 2.05) is 25.1 Å². The molecule has 1 aromatic heterocycles. The van der Waals surface area contributed by atoms with Crippen molar-refractivity contribution in [3.8, 4) is 0 Å². The normalized spacial score (nSPS) is 10.2. The van der Waals surface area contributed by atoms with Crippen LogP contribution in [0.25, 0.3) is 0 Å². The summed E-state index contributed by atoms with van der Waals surface area (Å²) in [6.07, 6.45) is 2.33. The second-order valence-electron chi connectivity index (χ2n) is 3.75. The van der Waals surface area contributed by atoms with E-state index in [1.54, 1.807) is 6.33 Å². The first-order valence-electron chi connectivity index (χ1n) is 5.54. The third-order valence-corrected chi connectivity index (χ3v) is 2.55. The van der Waals surface area contributed by atoms with Crippen molar-refractivity contribution in [2.75, 3.05) is 43.6 Å². The summed E-state index contributed by atoms with van der Waals surface area (Å²) in [5.74, 6) is 1.81. The van der Waals surface area contributed by atoms with Gasteiger partial charge in [-0.25, -0.2) is 9.97 Å². The highest BCUT2D eigenvalue weighted by Crippen LogP contribution is 2.15. The Morgan fingerprint density at radius 3 is 2.38 bits per heavy atom. The zero-order valence-electron chi connectivity index (χ0n) is 10.2. The Hall–Kier alpha value is -1.36. The first kappa shape index (κ1) is 12.7. The molecule has 1 N–H and O–H groups in total. The van der Waals surface area contributed by atoms with E-state index in [9.17, 15) is 0 Å². The molecule has 16 heavy (non-hydrogen) atoms. The fourth-order valence-electron chi connectivity index (χ4n) is 1.34.